The van der Waals surface area contributed by atoms with Crippen LogP contribution in [-0.4, -0.2) is 184 Å². The summed E-state index contributed by atoms with van der Waals surface area (Å²) in [5.74, 6) is -0.254. The minimum Gasteiger partial charge on any atom is -0.394 e. The lowest BCUT2D eigenvalue weighted by molar-refractivity contribution is -0.349. The molecule has 4 rings (SSSR count). The van der Waals surface area contributed by atoms with Crippen LogP contribution in [0.4, 0.5) is 0 Å². The van der Waals surface area contributed by atoms with Gasteiger partial charge >= 0.3 is 0 Å². The van der Waals surface area contributed by atoms with Crippen LogP contribution in [0.2, 0.25) is 0 Å². The summed E-state index contributed by atoms with van der Waals surface area (Å²) >= 11 is 0. The molecule has 49 heavy (non-hydrogen) atoms. The van der Waals surface area contributed by atoms with E-state index >= 15 is 0 Å². The second-order valence-electron chi connectivity index (χ2n) is 13.9. The van der Waals surface area contributed by atoms with Gasteiger partial charge in [-0.05, 0) is 31.6 Å². The van der Waals surface area contributed by atoms with Crippen molar-refractivity contribution in [2.24, 2.45) is 5.92 Å². The molecule has 0 radical (unpaired) electrons. The first kappa shape index (κ1) is 41.1. The van der Waals surface area contributed by atoms with Crippen LogP contribution in [0.1, 0.15) is 58.8 Å². The lowest BCUT2D eigenvalue weighted by atomic mass is 9.89. The number of aliphatic hydroxyl groups excluding tert-OH is 9. The predicted molar refractivity (Wildman–Crippen MR) is 167 cm³/mol. The van der Waals surface area contributed by atoms with Crippen molar-refractivity contribution in [3.63, 3.8) is 0 Å². The Morgan fingerprint density at radius 1 is 0.673 bits per heavy atom. The standard InChI is InChI=1S/C31H56O17S/c1-15(2)28-27(40)29(48-31-26(39)23(36)20(33)17(12-32)46-31)22(35)19(45-28)14-44-30-25(38)24(37)21(34)18(47-30)13-43-10-6-7-11-49(41,42)16-8-4-3-5-9-16/h15-40H,3-14H2,1-2H3. The normalized spacial score (nSPS) is 42.8. The van der Waals surface area contributed by atoms with E-state index in [9.17, 15) is 54.4 Å². The summed E-state index contributed by atoms with van der Waals surface area (Å²) in [5.41, 5.74) is 0. The van der Waals surface area contributed by atoms with Crippen molar-refractivity contribution < 1.29 is 82.8 Å². The summed E-state index contributed by atoms with van der Waals surface area (Å²) < 4.78 is 59.2. The van der Waals surface area contributed by atoms with Gasteiger partial charge in [0.15, 0.2) is 22.4 Å². The Morgan fingerprint density at radius 3 is 1.90 bits per heavy atom. The van der Waals surface area contributed by atoms with Gasteiger partial charge in [0.2, 0.25) is 0 Å². The minimum atomic E-state index is -3.17. The van der Waals surface area contributed by atoms with Crippen LogP contribution in [-0.2, 0) is 38.3 Å². The fourth-order valence-electron chi connectivity index (χ4n) is 6.83. The number of hydrogen-bond donors (Lipinski definition) is 9. The molecule has 15 unspecified atom stereocenters. The van der Waals surface area contributed by atoms with Gasteiger partial charge in [-0.2, -0.15) is 0 Å². The van der Waals surface area contributed by atoms with Crippen LogP contribution in [0.5, 0.6) is 0 Å². The van der Waals surface area contributed by atoms with Crippen molar-refractivity contribution in [3.8, 4) is 0 Å². The van der Waals surface area contributed by atoms with Crippen molar-refractivity contribution in [1.82, 2.24) is 0 Å². The number of unbranched alkanes of at least 4 members (excludes halogenated alkanes) is 1. The molecule has 288 valence electrons. The van der Waals surface area contributed by atoms with E-state index in [-0.39, 0.29) is 30.1 Å². The number of aliphatic hydroxyl groups is 9. The van der Waals surface area contributed by atoms with E-state index in [1.807, 2.05) is 0 Å². The summed E-state index contributed by atoms with van der Waals surface area (Å²) in [6.45, 7) is 2.28. The SMILES string of the molecule is CC(C)C1OC(COC2OC(COCCCCS(=O)(=O)C3CCCCC3)C(O)C(O)C2O)C(O)C(OC2OC(CO)C(O)C(O)C2O)C1O. The van der Waals surface area contributed by atoms with E-state index in [0.29, 0.717) is 25.7 Å². The zero-order chi connectivity index (χ0) is 36.0. The molecular weight excluding hydrogens is 676 g/mol. The van der Waals surface area contributed by atoms with E-state index < -0.39 is 115 Å². The lowest BCUT2D eigenvalue weighted by Gasteiger charge is -2.47. The van der Waals surface area contributed by atoms with E-state index in [4.69, 9.17) is 28.4 Å². The lowest BCUT2D eigenvalue weighted by Crippen LogP contribution is -2.65. The molecule has 4 aliphatic rings. The van der Waals surface area contributed by atoms with Crippen LogP contribution in [0, 0.1) is 5.92 Å². The highest BCUT2D eigenvalue weighted by atomic mass is 32.2. The monoisotopic (exact) mass is 732 g/mol. The van der Waals surface area contributed by atoms with Gasteiger partial charge in [0.25, 0.3) is 0 Å². The fourth-order valence-corrected chi connectivity index (χ4v) is 8.82. The molecule has 0 aromatic carbocycles. The first-order valence-electron chi connectivity index (χ1n) is 17.3. The quantitative estimate of drug-likeness (QED) is 0.0746. The molecule has 15 atom stereocenters. The molecule has 0 amide bonds. The van der Waals surface area contributed by atoms with Crippen LogP contribution >= 0.6 is 0 Å². The topological polar surface area (TPSA) is 272 Å². The molecule has 17 nitrogen and oxygen atoms in total. The van der Waals surface area contributed by atoms with Gasteiger partial charge in [-0.25, -0.2) is 8.42 Å². The Kier molecular flexibility index (Phi) is 15.4. The Morgan fingerprint density at radius 2 is 1.27 bits per heavy atom. The summed E-state index contributed by atoms with van der Waals surface area (Å²) in [7, 11) is -3.17. The van der Waals surface area contributed by atoms with Crippen molar-refractivity contribution in [2.75, 3.05) is 32.2 Å². The van der Waals surface area contributed by atoms with Crippen molar-refractivity contribution in [1.29, 1.82) is 0 Å². The third kappa shape index (κ3) is 10.1. The maximum atomic E-state index is 12.6. The number of rotatable bonds is 15. The number of hydrogen-bond acceptors (Lipinski definition) is 17. The van der Waals surface area contributed by atoms with E-state index in [1.165, 1.54) is 0 Å². The zero-order valence-electron chi connectivity index (χ0n) is 28.0. The average molecular weight is 733 g/mol. The summed E-state index contributed by atoms with van der Waals surface area (Å²) in [6.07, 6.45) is -17.2. The molecule has 3 aliphatic heterocycles. The Hall–Kier alpha value is -0.650. The maximum Gasteiger partial charge on any atom is 0.187 e. The number of ether oxygens (including phenoxy) is 6. The Labute approximate surface area is 286 Å². The van der Waals surface area contributed by atoms with Crippen LogP contribution in [0.25, 0.3) is 0 Å². The first-order valence-corrected chi connectivity index (χ1v) is 19.0. The van der Waals surface area contributed by atoms with Gasteiger partial charge < -0.3 is 74.4 Å². The van der Waals surface area contributed by atoms with Crippen molar-refractivity contribution in [2.45, 2.75) is 156 Å². The second-order valence-corrected chi connectivity index (χ2v) is 16.3. The van der Waals surface area contributed by atoms with Gasteiger partial charge in [0.1, 0.15) is 73.2 Å². The van der Waals surface area contributed by atoms with E-state index in [1.54, 1.807) is 13.8 Å². The highest BCUT2D eigenvalue weighted by Gasteiger charge is 2.52. The third-order valence-electron chi connectivity index (χ3n) is 9.92. The molecule has 3 saturated heterocycles. The van der Waals surface area contributed by atoms with E-state index in [2.05, 4.69) is 0 Å². The van der Waals surface area contributed by atoms with Gasteiger partial charge in [0, 0.05) is 6.61 Å². The minimum absolute atomic E-state index is 0.0720. The van der Waals surface area contributed by atoms with Crippen LogP contribution in [0.3, 0.4) is 0 Å². The molecule has 0 aromatic heterocycles. The summed E-state index contributed by atoms with van der Waals surface area (Å²) in [5, 5.41) is 93.7. The van der Waals surface area contributed by atoms with Gasteiger partial charge in [-0.3, -0.25) is 0 Å². The molecule has 1 saturated carbocycles. The molecule has 9 N–H and O–H groups in total. The smallest absolute Gasteiger partial charge is 0.187 e. The van der Waals surface area contributed by atoms with Crippen molar-refractivity contribution >= 4 is 9.84 Å². The molecule has 0 bridgehead atoms. The average Bonchev–Trinajstić information content (AvgIpc) is 3.08. The Bertz CT molecular complexity index is 1090. The first-order chi connectivity index (χ1) is 23.2. The van der Waals surface area contributed by atoms with Crippen molar-refractivity contribution in [3.05, 3.63) is 0 Å². The maximum absolute atomic E-state index is 12.6. The predicted octanol–water partition coefficient (Wildman–Crippen LogP) is -3.31. The van der Waals surface area contributed by atoms with Crippen LogP contribution in [0.15, 0.2) is 0 Å². The molecule has 18 heteroatoms. The zero-order valence-corrected chi connectivity index (χ0v) is 28.8. The fraction of sp³-hybridized carbons (Fsp3) is 1.00. The molecule has 3 heterocycles. The third-order valence-corrected chi connectivity index (χ3v) is 12.3. The summed E-state index contributed by atoms with van der Waals surface area (Å²) in [6, 6.07) is 0. The second kappa shape index (κ2) is 18.4. The van der Waals surface area contributed by atoms with Gasteiger partial charge in [0.05, 0.1) is 36.9 Å². The van der Waals surface area contributed by atoms with Crippen LogP contribution < -0.4 is 0 Å². The Balaban J connectivity index is 1.30. The summed E-state index contributed by atoms with van der Waals surface area (Å²) in [4.78, 5) is 0. The highest BCUT2D eigenvalue weighted by Crippen LogP contribution is 2.33. The molecular formula is C31H56O17S. The molecule has 1 aliphatic carbocycles. The van der Waals surface area contributed by atoms with Gasteiger partial charge in [-0.15, -0.1) is 0 Å². The van der Waals surface area contributed by atoms with E-state index in [0.717, 1.165) is 19.3 Å². The molecule has 4 fully saturated rings. The molecule has 0 spiro atoms. The van der Waals surface area contributed by atoms with Gasteiger partial charge in [-0.1, -0.05) is 33.1 Å². The largest absolute Gasteiger partial charge is 0.394 e. The highest BCUT2D eigenvalue weighted by molar-refractivity contribution is 7.92. The molecule has 0 aromatic rings. The number of sulfone groups is 1.